The molecule has 0 amide bonds. The van der Waals surface area contributed by atoms with Gasteiger partial charge in [-0.15, -0.1) is 11.3 Å². The molecule has 2 N–H and O–H groups in total. The Bertz CT molecular complexity index is 1750. The highest BCUT2D eigenvalue weighted by atomic mass is 35.5. The number of anilines is 2. The number of hydrogen-bond donors (Lipinski definition) is 1. The van der Waals surface area contributed by atoms with Crippen LogP contribution in [0, 0.1) is 23.0 Å². The van der Waals surface area contributed by atoms with Crippen molar-refractivity contribution in [2.24, 2.45) is 0 Å². The number of hydrogen-bond acceptors (Lipinski definition) is 8. The van der Waals surface area contributed by atoms with Crippen molar-refractivity contribution in [2.45, 2.75) is 43.8 Å². The zero-order valence-corrected chi connectivity index (χ0v) is 23.6. The molecule has 0 bridgehead atoms. The van der Waals surface area contributed by atoms with E-state index in [0.29, 0.717) is 24.2 Å². The maximum Gasteiger partial charge on any atom is 0.319 e. The molecule has 12 heteroatoms. The normalized spacial score (nSPS) is 22.6. The molecule has 2 atom stereocenters. The minimum absolute atomic E-state index is 0.00560. The first-order valence-electron chi connectivity index (χ1n) is 13.7. The summed E-state index contributed by atoms with van der Waals surface area (Å²) in [6, 6.07) is 6.27. The van der Waals surface area contributed by atoms with Crippen LogP contribution >= 0.6 is 22.9 Å². The highest BCUT2D eigenvalue weighted by molar-refractivity contribution is 7.23. The number of fused-ring (bicyclic) bond motifs is 3. The van der Waals surface area contributed by atoms with Gasteiger partial charge in [0.2, 0.25) is 0 Å². The molecule has 3 saturated heterocycles. The Kier molecular flexibility index (Phi) is 6.41. The SMILES string of the molecule is N#Cc1c(N)sc2c(F)ccc(-c3c(Cl)cc4c(N5CCCC5)nc(OC[C@@]56CCCN5C[C@H](F)C6)nc4c3F)c12. The van der Waals surface area contributed by atoms with Crippen LogP contribution in [-0.4, -0.2) is 59.4 Å². The zero-order chi connectivity index (χ0) is 28.5. The summed E-state index contributed by atoms with van der Waals surface area (Å²) in [4.78, 5) is 13.4. The van der Waals surface area contributed by atoms with Gasteiger partial charge in [-0.05, 0) is 49.9 Å². The second-order valence-corrected chi connectivity index (χ2v) is 12.5. The Labute approximate surface area is 243 Å². The van der Waals surface area contributed by atoms with Crippen molar-refractivity contribution in [3.63, 3.8) is 0 Å². The van der Waals surface area contributed by atoms with Crippen LogP contribution in [0.3, 0.4) is 0 Å². The maximum absolute atomic E-state index is 16.6. The molecule has 4 aromatic rings. The number of nitrogens with two attached hydrogens (primary N) is 1. The van der Waals surface area contributed by atoms with Gasteiger partial charge < -0.3 is 15.4 Å². The maximum atomic E-state index is 16.6. The van der Waals surface area contributed by atoms with Gasteiger partial charge >= 0.3 is 6.01 Å². The average molecular weight is 599 g/mol. The van der Waals surface area contributed by atoms with Crippen molar-refractivity contribution in [1.82, 2.24) is 14.9 Å². The van der Waals surface area contributed by atoms with E-state index in [-0.39, 0.29) is 54.9 Å². The quantitative estimate of drug-likeness (QED) is 0.282. The number of ether oxygens (including phenoxy) is 1. The molecule has 3 fully saturated rings. The summed E-state index contributed by atoms with van der Waals surface area (Å²) >= 11 is 7.67. The monoisotopic (exact) mass is 598 g/mol. The molecule has 3 aliphatic rings. The lowest BCUT2D eigenvalue weighted by molar-refractivity contribution is 0.107. The molecule has 0 unspecified atom stereocenters. The molecule has 3 aliphatic heterocycles. The fraction of sp³-hybridized carbons (Fsp3) is 0.414. The molecule has 7 nitrogen and oxygen atoms in total. The third-order valence-electron chi connectivity index (χ3n) is 8.68. The van der Waals surface area contributed by atoms with Gasteiger partial charge in [0.15, 0.2) is 5.82 Å². The van der Waals surface area contributed by atoms with E-state index in [1.54, 1.807) is 6.07 Å². The highest BCUT2D eigenvalue weighted by Crippen LogP contribution is 2.46. The lowest BCUT2D eigenvalue weighted by Crippen LogP contribution is -2.43. The van der Waals surface area contributed by atoms with Crippen LogP contribution in [0.15, 0.2) is 18.2 Å². The van der Waals surface area contributed by atoms with E-state index in [2.05, 4.69) is 14.8 Å². The van der Waals surface area contributed by atoms with Crippen LogP contribution in [0.5, 0.6) is 6.01 Å². The molecule has 0 aliphatic carbocycles. The molecule has 2 aromatic heterocycles. The third-order valence-corrected chi connectivity index (χ3v) is 10.0. The predicted octanol–water partition coefficient (Wildman–Crippen LogP) is 6.45. The van der Waals surface area contributed by atoms with Gasteiger partial charge in [-0.3, -0.25) is 4.90 Å². The van der Waals surface area contributed by atoms with Crippen LogP contribution in [0.2, 0.25) is 5.02 Å². The summed E-state index contributed by atoms with van der Waals surface area (Å²) in [5, 5.41) is 10.6. The lowest BCUT2D eigenvalue weighted by atomic mass is 9.95. The highest BCUT2D eigenvalue weighted by Gasteiger charge is 2.49. The largest absolute Gasteiger partial charge is 0.461 e. The van der Waals surface area contributed by atoms with E-state index in [4.69, 9.17) is 27.1 Å². The Morgan fingerprint density at radius 3 is 2.78 bits per heavy atom. The van der Waals surface area contributed by atoms with Crippen molar-refractivity contribution < 1.29 is 17.9 Å². The van der Waals surface area contributed by atoms with Gasteiger partial charge in [0, 0.05) is 42.4 Å². The first-order valence-corrected chi connectivity index (χ1v) is 14.9. The summed E-state index contributed by atoms with van der Waals surface area (Å²) < 4.78 is 52.0. The zero-order valence-electron chi connectivity index (χ0n) is 22.0. The molecule has 0 radical (unpaired) electrons. The van der Waals surface area contributed by atoms with Crippen molar-refractivity contribution in [2.75, 3.05) is 43.4 Å². The molecule has 5 heterocycles. The minimum atomic E-state index is -0.907. The third kappa shape index (κ3) is 4.18. The molecule has 2 aromatic carbocycles. The average Bonchev–Trinajstić information content (AvgIpc) is 3.72. The Balaban J connectivity index is 1.39. The number of thiophene rings is 1. The molecule has 7 rings (SSSR count). The summed E-state index contributed by atoms with van der Waals surface area (Å²) in [6.07, 6.45) is 3.20. The Hall–Kier alpha value is -3.33. The van der Waals surface area contributed by atoms with E-state index in [9.17, 15) is 14.0 Å². The Morgan fingerprint density at radius 1 is 1.20 bits per heavy atom. The molecule has 212 valence electrons. The fourth-order valence-corrected chi connectivity index (χ4v) is 8.04. The molecule has 41 heavy (non-hydrogen) atoms. The number of alkyl halides is 1. The smallest absolute Gasteiger partial charge is 0.319 e. The van der Waals surface area contributed by atoms with E-state index >= 15 is 4.39 Å². The van der Waals surface area contributed by atoms with Crippen molar-refractivity contribution in [1.29, 1.82) is 5.26 Å². The van der Waals surface area contributed by atoms with Crippen LogP contribution < -0.4 is 15.4 Å². The van der Waals surface area contributed by atoms with E-state index in [0.717, 1.165) is 56.7 Å². The molecular formula is C29H26ClF3N6OS. The number of rotatable bonds is 5. The molecular weight excluding hydrogens is 573 g/mol. The lowest BCUT2D eigenvalue weighted by Gasteiger charge is -2.31. The van der Waals surface area contributed by atoms with E-state index < -0.39 is 23.3 Å². The summed E-state index contributed by atoms with van der Waals surface area (Å²) in [6.45, 7) is 2.90. The van der Waals surface area contributed by atoms with E-state index in [1.165, 1.54) is 12.1 Å². The van der Waals surface area contributed by atoms with E-state index in [1.807, 2.05) is 6.07 Å². The van der Waals surface area contributed by atoms with Crippen molar-refractivity contribution in [3.8, 4) is 23.2 Å². The van der Waals surface area contributed by atoms with Crippen LogP contribution in [0.25, 0.3) is 32.1 Å². The molecule has 0 spiro atoms. The van der Waals surface area contributed by atoms with Crippen LogP contribution in [-0.2, 0) is 0 Å². The standard InChI is InChI=1S/C29H26ClF3N6OS/c30-19-10-17-24(23(33)22(19)16-4-5-20(32)25-21(16)18(12-34)26(35)41-25)36-28(37-27(17)38-7-1-2-8-38)40-14-29-6-3-9-39(29)13-15(31)11-29/h4-5,10,15H,1-3,6-9,11,13-14,35H2/t15-,29+/m1/s1. The van der Waals surface area contributed by atoms with Gasteiger partial charge in [-0.1, -0.05) is 17.7 Å². The first kappa shape index (κ1) is 26.6. The predicted molar refractivity (Wildman–Crippen MR) is 154 cm³/mol. The number of nitriles is 1. The number of aromatic nitrogens is 2. The summed E-state index contributed by atoms with van der Waals surface area (Å²) in [5.74, 6) is -0.768. The second-order valence-electron chi connectivity index (χ2n) is 11.1. The van der Waals surface area contributed by atoms with Crippen molar-refractivity contribution >= 4 is 54.7 Å². The minimum Gasteiger partial charge on any atom is -0.461 e. The molecule has 0 saturated carbocycles. The van der Waals surface area contributed by atoms with Gasteiger partial charge in [0.05, 0.1) is 20.8 Å². The van der Waals surface area contributed by atoms with Crippen LogP contribution in [0.1, 0.15) is 37.7 Å². The van der Waals surface area contributed by atoms with Crippen molar-refractivity contribution in [3.05, 3.63) is 40.4 Å². The first-order chi connectivity index (χ1) is 19.8. The van der Waals surface area contributed by atoms with Gasteiger partial charge in [0.25, 0.3) is 0 Å². The summed E-state index contributed by atoms with van der Waals surface area (Å²) in [7, 11) is 0. The van der Waals surface area contributed by atoms with Crippen LogP contribution in [0.4, 0.5) is 24.0 Å². The number of halogens is 4. The van der Waals surface area contributed by atoms with Gasteiger partial charge in [0.1, 0.15) is 41.0 Å². The summed E-state index contributed by atoms with van der Waals surface area (Å²) in [5.41, 5.74) is 5.92. The fourth-order valence-electron chi connectivity index (χ4n) is 6.80. The Morgan fingerprint density at radius 2 is 2.00 bits per heavy atom. The number of benzene rings is 2. The van der Waals surface area contributed by atoms with Gasteiger partial charge in [-0.25, -0.2) is 13.2 Å². The topological polar surface area (TPSA) is 91.3 Å². The van der Waals surface area contributed by atoms with Gasteiger partial charge in [-0.2, -0.15) is 15.2 Å². The second kappa shape index (κ2) is 9.89. The number of nitrogen functional groups attached to an aromatic ring is 1. The number of nitrogens with zero attached hydrogens (tertiary/aromatic N) is 5.